The number of fused-ring (bicyclic) bond motifs is 1. The topological polar surface area (TPSA) is 33.5 Å². The molecule has 0 N–H and O–H groups in total. The fourth-order valence-corrected chi connectivity index (χ4v) is 4.01. The maximum Gasteiger partial charge on any atom is 0.227 e. The number of carbonyl (C=O) groups is 1. The Bertz CT molecular complexity index is 1000. The number of rotatable bonds is 7. The predicted molar refractivity (Wildman–Crippen MR) is 110 cm³/mol. The monoisotopic (exact) mass is 375 g/mol. The predicted octanol–water partition coefficient (Wildman–Crippen LogP) is 5.31. The first kappa shape index (κ1) is 17.6. The highest BCUT2D eigenvalue weighted by Crippen LogP contribution is 2.20. The molecule has 4 rings (SSSR count). The Morgan fingerprint density at radius 3 is 2.70 bits per heavy atom. The molecule has 2 aromatic heterocycles. The normalized spacial score (nSPS) is 11.0. The van der Waals surface area contributed by atoms with Gasteiger partial charge in [0.05, 0.1) is 18.9 Å². The number of amides is 1. The average molecular weight is 375 g/mol. The van der Waals surface area contributed by atoms with Crippen molar-refractivity contribution >= 4 is 28.0 Å². The van der Waals surface area contributed by atoms with Crippen LogP contribution in [0.2, 0.25) is 0 Å². The van der Waals surface area contributed by atoms with E-state index < -0.39 is 0 Å². The smallest absolute Gasteiger partial charge is 0.227 e. The van der Waals surface area contributed by atoms with Gasteiger partial charge in [0.1, 0.15) is 0 Å². The van der Waals surface area contributed by atoms with Crippen molar-refractivity contribution in [3.63, 3.8) is 0 Å². The van der Waals surface area contributed by atoms with Crippen LogP contribution in [0.3, 0.4) is 0 Å². The first-order chi connectivity index (χ1) is 13.3. The summed E-state index contributed by atoms with van der Waals surface area (Å²) in [5.41, 5.74) is 2.10. The summed E-state index contributed by atoms with van der Waals surface area (Å²) in [6, 6.07) is 20.5. The van der Waals surface area contributed by atoms with Gasteiger partial charge in [-0.2, -0.15) is 0 Å². The van der Waals surface area contributed by atoms with Gasteiger partial charge in [0.2, 0.25) is 5.91 Å². The average Bonchev–Trinajstić information content (AvgIpc) is 3.39. The first-order valence-electron chi connectivity index (χ1n) is 9.07. The molecule has 0 saturated heterocycles. The number of nitrogens with zero attached hydrogens (tertiary/aromatic N) is 1. The van der Waals surface area contributed by atoms with E-state index in [1.165, 1.54) is 10.3 Å². The van der Waals surface area contributed by atoms with Crippen LogP contribution in [-0.4, -0.2) is 17.4 Å². The van der Waals surface area contributed by atoms with Crippen LogP contribution in [0.1, 0.15) is 16.0 Å². The Balaban J connectivity index is 1.53. The van der Waals surface area contributed by atoms with Crippen molar-refractivity contribution in [3.8, 4) is 0 Å². The molecule has 2 aromatic carbocycles. The van der Waals surface area contributed by atoms with Gasteiger partial charge in [-0.15, -0.1) is 11.3 Å². The molecule has 0 bridgehead atoms. The van der Waals surface area contributed by atoms with Gasteiger partial charge >= 0.3 is 0 Å². The highest BCUT2D eigenvalue weighted by Gasteiger charge is 2.16. The molecule has 136 valence electrons. The summed E-state index contributed by atoms with van der Waals surface area (Å²) in [6.45, 7) is 1.28. The van der Waals surface area contributed by atoms with Crippen molar-refractivity contribution in [3.05, 3.63) is 94.6 Å². The Hall–Kier alpha value is -2.85. The van der Waals surface area contributed by atoms with E-state index in [0.717, 1.165) is 22.9 Å². The summed E-state index contributed by atoms with van der Waals surface area (Å²) in [5, 5.41) is 4.39. The molecule has 0 unspecified atom stereocenters. The van der Waals surface area contributed by atoms with Crippen molar-refractivity contribution in [2.24, 2.45) is 0 Å². The molecule has 0 atom stereocenters. The van der Waals surface area contributed by atoms with Gasteiger partial charge in [-0.05, 0) is 40.3 Å². The van der Waals surface area contributed by atoms with Gasteiger partial charge in [-0.25, -0.2) is 0 Å². The van der Waals surface area contributed by atoms with Gasteiger partial charge in [0.25, 0.3) is 0 Å². The van der Waals surface area contributed by atoms with Crippen LogP contribution < -0.4 is 0 Å². The lowest BCUT2D eigenvalue weighted by Crippen LogP contribution is -2.33. The first-order valence-corrected chi connectivity index (χ1v) is 9.95. The van der Waals surface area contributed by atoms with E-state index in [9.17, 15) is 4.79 Å². The van der Waals surface area contributed by atoms with Gasteiger partial charge in [0, 0.05) is 23.5 Å². The van der Waals surface area contributed by atoms with Crippen LogP contribution >= 0.6 is 11.3 Å². The number of hydrogen-bond acceptors (Lipinski definition) is 3. The summed E-state index contributed by atoms with van der Waals surface area (Å²) in [4.78, 5) is 16.4. The zero-order valence-corrected chi connectivity index (χ0v) is 15.8. The van der Waals surface area contributed by atoms with Crippen LogP contribution in [0.5, 0.6) is 0 Å². The Kier molecular flexibility index (Phi) is 5.35. The molecule has 4 heteroatoms. The van der Waals surface area contributed by atoms with Crippen molar-refractivity contribution in [2.45, 2.75) is 19.4 Å². The van der Waals surface area contributed by atoms with E-state index in [4.69, 9.17) is 4.42 Å². The fourth-order valence-electron chi connectivity index (χ4n) is 3.32. The minimum Gasteiger partial charge on any atom is -0.472 e. The number of furan rings is 1. The van der Waals surface area contributed by atoms with Crippen LogP contribution in [-0.2, 0) is 24.2 Å². The minimum absolute atomic E-state index is 0.143. The largest absolute Gasteiger partial charge is 0.472 e. The second-order valence-corrected chi connectivity index (χ2v) is 7.62. The number of thiophene rings is 1. The summed E-state index contributed by atoms with van der Waals surface area (Å²) in [7, 11) is 0. The van der Waals surface area contributed by atoms with E-state index >= 15 is 0 Å². The van der Waals surface area contributed by atoms with E-state index in [1.807, 2.05) is 29.2 Å². The Labute approximate surface area is 162 Å². The fraction of sp³-hybridized carbons (Fsp3) is 0.174. The van der Waals surface area contributed by atoms with Crippen LogP contribution in [0, 0.1) is 0 Å². The van der Waals surface area contributed by atoms with Crippen molar-refractivity contribution in [1.82, 2.24) is 4.90 Å². The molecular formula is C23H21NO2S. The van der Waals surface area contributed by atoms with Crippen LogP contribution in [0.15, 0.2) is 83.0 Å². The molecule has 0 aliphatic carbocycles. The van der Waals surface area contributed by atoms with E-state index in [2.05, 4.69) is 41.8 Å². The Morgan fingerprint density at radius 2 is 1.89 bits per heavy atom. The molecule has 2 heterocycles. The van der Waals surface area contributed by atoms with Crippen molar-refractivity contribution in [2.75, 3.05) is 6.54 Å². The third-order valence-corrected chi connectivity index (χ3v) is 5.67. The van der Waals surface area contributed by atoms with Gasteiger partial charge < -0.3 is 9.32 Å². The molecule has 0 fully saturated rings. The summed E-state index contributed by atoms with van der Waals surface area (Å²) in [6.07, 6.45) is 4.64. The minimum atomic E-state index is 0.143. The van der Waals surface area contributed by atoms with Crippen molar-refractivity contribution < 1.29 is 9.21 Å². The van der Waals surface area contributed by atoms with Gasteiger partial charge in [0.15, 0.2) is 0 Å². The van der Waals surface area contributed by atoms with Crippen LogP contribution in [0.4, 0.5) is 0 Å². The second-order valence-electron chi connectivity index (χ2n) is 6.59. The molecule has 27 heavy (non-hydrogen) atoms. The Morgan fingerprint density at radius 1 is 1.00 bits per heavy atom. The zero-order chi connectivity index (χ0) is 18.5. The summed E-state index contributed by atoms with van der Waals surface area (Å²) in [5.74, 6) is 0.143. The molecule has 0 saturated carbocycles. The van der Waals surface area contributed by atoms with Gasteiger partial charge in [-0.3, -0.25) is 4.79 Å². The standard InChI is InChI=1S/C23H21NO2S/c25-23(15-20-7-3-6-19-5-1-2-9-22(19)20)24(16-18-11-13-26-17-18)12-10-21-8-4-14-27-21/h1-9,11,13-14,17H,10,12,15-16H2. The third-order valence-electron chi connectivity index (χ3n) is 4.74. The van der Waals surface area contributed by atoms with E-state index in [0.29, 0.717) is 19.5 Å². The molecular weight excluding hydrogens is 354 g/mol. The van der Waals surface area contributed by atoms with Crippen molar-refractivity contribution in [1.29, 1.82) is 0 Å². The quantitative estimate of drug-likeness (QED) is 0.439. The van der Waals surface area contributed by atoms with Gasteiger partial charge in [-0.1, -0.05) is 48.5 Å². The highest BCUT2D eigenvalue weighted by molar-refractivity contribution is 7.09. The maximum atomic E-state index is 13.1. The maximum absolute atomic E-state index is 13.1. The summed E-state index contributed by atoms with van der Waals surface area (Å²) < 4.78 is 5.19. The SMILES string of the molecule is O=C(Cc1cccc2ccccc12)N(CCc1cccs1)Cc1ccoc1. The van der Waals surface area contributed by atoms with E-state index in [-0.39, 0.29) is 5.91 Å². The molecule has 4 aromatic rings. The summed E-state index contributed by atoms with van der Waals surface area (Å²) >= 11 is 1.73. The number of benzene rings is 2. The molecule has 0 radical (unpaired) electrons. The lowest BCUT2D eigenvalue weighted by atomic mass is 10.0. The van der Waals surface area contributed by atoms with E-state index in [1.54, 1.807) is 23.9 Å². The molecule has 0 aliphatic heterocycles. The molecule has 0 aliphatic rings. The van der Waals surface area contributed by atoms with Crippen LogP contribution in [0.25, 0.3) is 10.8 Å². The molecule has 3 nitrogen and oxygen atoms in total. The second kappa shape index (κ2) is 8.23. The molecule has 0 spiro atoms. The third kappa shape index (κ3) is 4.29. The highest BCUT2D eigenvalue weighted by atomic mass is 32.1. The zero-order valence-electron chi connectivity index (χ0n) is 15.0. The number of hydrogen-bond donors (Lipinski definition) is 0. The lowest BCUT2D eigenvalue weighted by Gasteiger charge is -2.22. The number of carbonyl (C=O) groups excluding carboxylic acids is 1. The lowest BCUT2D eigenvalue weighted by molar-refractivity contribution is -0.131. The molecule has 1 amide bonds.